The summed E-state index contributed by atoms with van der Waals surface area (Å²) < 4.78 is 0. The summed E-state index contributed by atoms with van der Waals surface area (Å²) in [6, 6.07) is 0. The van der Waals surface area contributed by atoms with Crippen LogP contribution in [0.25, 0.3) is 0 Å². The Bertz CT molecular complexity index is 1350. The molecule has 0 N–H and O–H groups in total. The van der Waals surface area contributed by atoms with Crippen molar-refractivity contribution < 1.29 is 19.8 Å². The summed E-state index contributed by atoms with van der Waals surface area (Å²) in [4.78, 5) is 33.9. The molecule has 6 heteroatoms. The smallest absolute Gasteiger partial charge is 0.0481 e. The van der Waals surface area contributed by atoms with E-state index in [1.807, 2.05) is 0 Å². The Morgan fingerprint density at radius 1 is 0.403 bits per heavy atom. The van der Waals surface area contributed by atoms with E-state index >= 15 is 9.90 Å². The zero-order valence-corrected chi connectivity index (χ0v) is 47.1. The first-order valence-corrected chi connectivity index (χ1v) is 24.7. The van der Waals surface area contributed by atoms with E-state index in [4.69, 9.17) is 0 Å². The lowest BCUT2D eigenvalue weighted by atomic mass is 9.38. The van der Waals surface area contributed by atoms with Crippen molar-refractivity contribution in [2.75, 3.05) is 0 Å². The molecule has 0 amide bonds. The van der Waals surface area contributed by atoms with Crippen LogP contribution in [0.5, 0.6) is 0 Å². The van der Waals surface area contributed by atoms with E-state index in [1.165, 1.54) is 0 Å². The average Bonchev–Trinajstić information content (AvgIpc) is 2.96. The summed E-state index contributed by atoms with van der Waals surface area (Å²) >= 11 is 0. The molecule has 2 aliphatic heterocycles. The summed E-state index contributed by atoms with van der Waals surface area (Å²) in [6.45, 7) is 71.7. The maximum Gasteiger partial charge on any atom is 0.0481 e. The van der Waals surface area contributed by atoms with E-state index < -0.39 is 39.5 Å². The molecule has 2 fully saturated rings. The van der Waals surface area contributed by atoms with Crippen LogP contribution in [0.3, 0.4) is 0 Å². The van der Waals surface area contributed by atoms with Crippen molar-refractivity contribution in [1.29, 1.82) is 0 Å². The van der Waals surface area contributed by atoms with Gasteiger partial charge in [-0.05, 0) is 142 Å². The Balaban J connectivity index is 3.73. The molecule has 0 spiro atoms. The van der Waals surface area contributed by atoms with Crippen LogP contribution < -0.4 is 10.2 Å². The van der Waals surface area contributed by atoms with E-state index in [0.717, 1.165) is 0 Å². The molecule has 0 saturated carbocycles. The van der Waals surface area contributed by atoms with Crippen LogP contribution in [-0.4, -0.2) is 55.0 Å². The van der Waals surface area contributed by atoms with Crippen LogP contribution in [0, 0.1) is 60.6 Å². The third-order valence-electron chi connectivity index (χ3n) is 17.8. The quantitative estimate of drug-likeness (QED) is 0.253. The van der Waals surface area contributed by atoms with Crippen molar-refractivity contribution in [1.82, 2.24) is 9.80 Å². The first-order valence-electron chi connectivity index (χ1n) is 24.7. The Kier molecular flexibility index (Phi) is 14.7. The second kappa shape index (κ2) is 16.0. The highest BCUT2D eigenvalue weighted by atomic mass is 16.4. The van der Waals surface area contributed by atoms with Crippen molar-refractivity contribution in [2.45, 2.75) is 286 Å². The van der Waals surface area contributed by atoms with E-state index in [1.54, 1.807) is 0 Å². The van der Waals surface area contributed by atoms with Gasteiger partial charge in [-0.2, -0.15) is 0 Å². The fourth-order valence-electron chi connectivity index (χ4n) is 16.9. The van der Waals surface area contributed by atoms with E-state index in [-0.39, 0.29) is 85.5 Å². The second-order valence-corrected chi connectivity index (χ2v) is 31.2. The molecule has 2 aliphatic rings. The lowest BCUT2D eigenvalue weighted by Crippen LogP contribution is -2.85. The summed E-state index contributed by atoms with van der Waals surface area (Å²) in [6.07, 6.45) is 2.88. The highest BCUT2D eigenvalue weighted by molar-refractivity contribution is 5.74. The molecule has 0 aromatic carbocycles. The van der Waals surface area contributed by atoms with Crippen LogP contribution in [-0.2, 0) is 9.59 Å². The molecule has 0 atom stereocenters. The van der Waals surface area contributed by atoms with Gasteiger partial charge in [-0.25, -0.2) is 0 Å². The highest BCUT2D eigenvalue weighted by Crippen LogP contribution is 2.74. The van der Waals surface area contributed by atoms with Gasteiger partial charge in [0.15, 0.2) is 0 Å². The first-order chi connectivity index (χ1) is 26.7. The molecule has 0 aliphatic carbocycles. The monoisotopic (exact) mass is 871 g/mol. The van der Waals surface area contributed by atoms with Gasteiger partial charge in [-0.15, -0.1) is 0 Å². The largest absolute Gasteiger partial charge is 0.550 e. The number of hydrogen-bond acceptors (Lipinski definition) is 6. The number of aliphatic carboxylic acids is 2. The zero-order valence-electron chi connectivity index (χ0n) is 47.1. The Labute approximate surface area is 386 Å². The molecule has 2 saturated heterocycles. The van der Waals surface area contributed by atoms with Gasteiger partial charge >= 0.3 is 0 Å². The molecule has 0 aromatic heterocycles. The highest BCUT2D eigenvalue weighted by Gasteiger charge is 2.76. The Hall–Kier alpha value is -1.14. The number of carboxylic acid groups (broad SMARTS) is 2. The zero-order chi connectivity index (χ0) is 49.9. The molecular formula is C56H106N2O4-2. The SMILES string of the molecule is CC(C)(C)N1C(C(C)(C)C)(C(C)(C)C)CC(C(CCCC(=O)[O-])(C(=O)[O-])C2CC(C(C)(C)C)(C(C)(C)C)N(C(C)(C)C)C(C(C)(C)C)(C(C)(C)C)C2)CC1(C(C)(C)C)C(C)(C)C. The molecular weight excluding hydrogens is 765 g/mol. The topological polar surface area (TPSA) is 86.7 Å². The predicted molar refractivity (Wildman–Crippen MR) is 261 cm³/mol. The van der Waals surface area contributed by atoms with Crippen LogP contribution in [0.1, 0.15) is 253 Å². The minimum atomic E-state index is -1.38. The van der Waals surface area contributed by atoms with Gasteiger partial charge < -0.3 is 19.8 Å². The molecule has 0 aromatic rings. The first kappa shape index (κ1) is 57.0. The average molecular weight is 871 g/mol. The van der Waals surface area contributed by atoms with Gasteiger partial charge in [-0.3, -0.25) is 9.80 Å². The fraction of sp³-hybridized carbons (Fsp3) is 0.964. The molecule has 2 heterocycles. The van der Waals surface area contributed by atoms with Gasteiger partial charge in [0.2, 0.25) is 0 Å². The molecule has 62 heavy (non-hydrogen) atoms. The number of nitrogens with zero attached hydrogens (tertiary/aromatic N) is 2. The molecule has 366 valence electrons. The molecule has 2 rings (SSSR count). The fourth-order valence-corrected chi connectivity index (χ4v) is 16.9. The molecule has 0 bridgehead atoms. The summed E-state index contributed by atoms with van der Waals surface area (Å²) in [7, 11) is 0. The minimum Gasteiger partial charge on any atom is -0.550 e. The van der Waals surface area contributed by atoms with E-state index in [0.29, 0.717) is 25.7 Å². The Morgan fingerprint density at radius 3 is 0.726 bits per heavy atom. The van der Waals surface area contributed by atoms with Crippen LogP contribution >= 0.6 is 0 Å². The number of hydrogen-bond donors (Lipinski definition) is 0. The van der Waals surface area contributed by atoms with E-state index in [9.17, 15) is 9.90 Å². The van der Waals surface area contributed by atoms with Crippen molar-refractivity contribution in [3.05, 3.63) is 0 Å². The summed E-state index contributed by atoms with van der Waals surface area (Å²) in [5, 5.41) is 28.1. The van der Waals surface area contributed by atoms with Gasteiger partial charge in [0.1, 0.15) is 0 Å². The maximum atomic E-state index is 15.6. The predicted octanol–water partition coefficient (Wildman–Crippen LogP) is 13.0. The van der Waals surface area contributed by atoms with Gasteiger partial charge in [0.25, 0.3) is 0 Å². The summed E-state index contributed by atoms with van der Waals surface area (Å²) in [5.41, 5.74) is -6.50. The third kappa shape index (κ3) is 8.54. The molecule has 0 radical (unpaired) electrons. The second-order valence-electron chi connectivity index (χ2n) is 31.2. The molecule has 6 nitrogen and oxygen atoms in total. The maximum absolute atomic E-state index is 15.6. The standard InChI is InChI=1S/C56H108N2O4/c1-42(2,3)53(43(4,5)6)34-38(35-54(44(7,8)9,45(10,11)12)57(53)50(25,26)27)52(41(61)62,33-31-32-40(59)60)39-36-55(46(13,14)15,47(16,17)18)58(51(28,29)30)56(37-39,48(19,20)21)49(22,23)24/h38-39H,31-37H2,1-30H3,(H,59,60)(H,61,62)/p-2. The van der Waals surface area contributed by atoms with Crippen LogP contribution in [0.15, 0.2) is 0 Å². The van der Waals surface area contributed by atoms with Crippen LogP contribution in [0.4, 0.5) is 0 Å². The number of likely N-dealkylation sites (tertiary alicyclic amines) is 2. The lowest BCUT2D eigenvalue weighted by Gasteiger charge is -2.80. The number of carboxylic acids is 2. The van der Waals surface area contributed by atoms with Gasteiger partial charge in [0.05, 0.1) is 0 Å². The number of carbonyl (C=O) groups excluding carboxylic acids is 2. The minimum absolute atomic E-state index is 0.183. The van der Waals surface area contributed by atoms with E-state index in [2.05, 4.69) is 218 Å². The Morgan fingerprint density at radius 2 is 0.597 bits per heavy atom. The van der Waals surface area contributed by atoms with Crippen molar-refractivity contribution in [2.24, 2.45) is 60.6 Å². The number of carbonyl (C=O) groups is 2. The van der Waals surface area contributed by atoms with Crippen LogP contribution in [0.2, 0.25) is 0 Å². The lowest BCUT2D eigenvalue weighted by molar-refractivity contribution is -0.345. The summed E-state index contributed by atoms with van der Waals surface area (Å²) in [5.74, 6) is -2.81. The number of rotatable bonds is 7. The van der Waals surface area contributed by atoms with Gasteiger partial charge in [-0.1, -0.05) is 166 Å². The van der Waals surface area contributed by atoms with Crippen molar-refractivity contribution >= 4 is 11.9 Å². The normalized spacial score (nSPS) is 22.5. The molecule has 0 unspecified atom stereocenters. The van der Waals surface area contributed by atoms with Gasteiger partial charge in [0, 0.05) is 50.6 Å². The third-order valence-corrected chi connectivity index (χ3v) is 17.8. The van der Waals surface area contributed by atoms with Crippen molar-refractivity contribution in [3.8, 4) is 0 Å². The van der Waals surface area contributed by atoms with Crippen molar-refractivity contribution in [3.63, 3.8) is 0 Å². The number of piperidine rings is 2.